The Morgan fingerprint density at radius 1 is 1.37 bits per heavy atom. The van der Waals surface area contributed by atoms with E-state index in [2.05, 4.69) is 20.4 Å². The van der Waals surface area contributed by atoms with E-state index in [-0.39, 0.29) is 0 Å². The number of rotatable bonds is 3. The van der Waals surface area contributed by atoms with Crippen LogP contribution in [0.3, 0.4) is 0 Å². The van der Waals surface area contributed by atoms with Gasteiger partial charge in [0.25, 0.3) is 0 Å². The molecule has 0 aromatic carbocycles. The number of hydrogen-bond acceptors (Lipinski definition) is 5. The van der Waals surface area contributed by atoms with Crippen molar-refractivity contribution in [3.63, 3.8) is 0 Å². The monoisotopic (exact) mass is 250 g/mol. The molecule has 0 aliphatic carbocycles. The maximum Gasteiger partial charge on any atom is 0.152 e. The minimum absolute atomic E-state index is 0.397. The molecule has 0 aliphatic heterocycles. The molecule has 0 amide bonds. The van der Waals surface area contributed by atoms with Gasteiger partial charge >= 0.3 is 0 Å². The normalized spacial score (nSPS) is 10.7. The first-order chi connectivity index (χ1) is 9.24. The summed E-state index contributed by atoms with van der Waals surface area (Å²) in [6, 6.07) is 5.59. The van der Waals surface area contributed by atoms with E-state index < -0.39 is 0 Å². The van der Waals surface area contributed by atoms with Crippen molar-refractivity contribution in [3.8, 4) is 0 Å². The molecule has 3 N–H and O–H groups in total. The van der Waals surface area contributed by atoms with Crippen LogP contribution in [0.5, 0.6) is 0 Å². The maximum absolute atomic E-state index is 5.78. The van der Waals surface area contributed by atoms with Crippen LogP contribution in [0.4, 0.5) is 11.6 Å². The summed E-state index contributed by atoms with van der Waals surface area (Å²) < 4.78 is 1.63. The van der Waals surface area contributed by atoms with Gasteiger partial charge in [-0.05, 0) is 17.1 Å². The number of nitrogens with one attached hydrogen (secondary N) is 1. The second kappa shape index (κ2) is 4.60. The Bertz CT molecular complexity index is 709. The summed E-state index contributed by atoms with van der Waals surface area (Å²) in [5, 5.41) is 7.41. The molecule has 19 heavy (non-hydrogen) atoms. The van der Waals surface area contributed by atoms with Gasteiger partial charge in [-0.2, -0.15) is 9.61 Å². The number of pyridine rings is 1. The first kappa shape index (κ1) is 11.5. The Labute approximate surface area is 111 Å². The SMILES string of the molecule is [B]c1cnn2c(NCc3cccnc3)cc(N)nc12. The second-order valence-corrected chi connectivity index (χ2v) is 4.12. The zero-order valence-corrected chi connectivity index (χ0v) is 10.1. The first-order valence-corrected chi connectivity index (χ1v) is 5.76. The fourth-order valence-corrected chi connectivity index (χ4v) is 1.82. The molecule has 0 saturated carbocycles. The molecule has 0 unspecified atom stereocenters. The van der Waals surface area contributed by atoms with E-state index in [9.17, 15) is 0 Å². The standard InChI is InChI=1S/C12H11BN6/c13-9-7-17-19-11(4-10(14)18-12(9)19)16-6-8-2-1-3-15-5-8/h1-5,7,16H,6H2,(H2,14,18). The van der Waals surface area contributed by atoms with E-state index in [0.717, 1.165) is 11.4 Å². The summed E-state index contributed by atoms with van der Waals surface area (Å²) in [4.78, 5) is 8.21. The van der Waals surface area contributed by atoms with Crippen LogP contribution in [-0.4, -0.2) is 27.4 Å². The molecule has 3 heterocycles. The highest BCUT2D eigenvalue weighted by atomic mass is 15.3. The lowest BCUT2D eigenvalue weighted by Crippen LogP contribution is -2.10. The fourth-order valence-electron chi connectivity index (χ4n) is 1.82. The third kappa shape index (κ3) is 2.22. The maximum atomic E-state index is 5.78. The van der Waals surface area contributed by atoms with Crippen LogP contribution in [0.1, 0.15) is 5.56 Å². The summed E-state index contributed by atoms with van der Waals surface area (Å²) in [6.45, 7) is 0.617. The number of nitrogens with zero attached hydrogens (tertiary/aromatic N) is 4. The zero-order valence-electron chi connectivity index (χ0n) is 10.1. The summed E-state index contributed by atoms with van der Waals surface area (Å²) in [7, 11) is 5.78. The zero-order chi connectivity index (χ0) is 13.2. The third-order valence-electron chi connectivity index (χ3n) is 2.72. The second-order valence-electron chi connectivity index (χ2n) is 4.12. The van der Waals surface area contributed by atoms with Crippen LogP contribution in [0.25, 0.3) is 5.65 Å². The van der Waals surface area contributed by atoms with Crippen molar-refractivity contribution in [2.45, 2.75) is 6.54 Å². The number of fused-ring (bicyclic) bond motifs is 1. The fraction of sp³-hybridized carbons (Fsp3) is 0.0833. The smallest absolute Gasteiger partial charge is 0.152 e. The molecule has 3 rings (SSSR count). The minimum Gasteiger partial charge on any atom is -0.384 e. The van der Waals surface area contributed by atoms with Gasteiger partial charge in [-0.1, -0.05) is 6.07 Å². The predicted octanol–water partition coefficient (Wildman–Crippen LogP) is 0.112. The van der Waals surface area contributed by atoms with Crippen molar-refractivity contribution in [1.29, 1.82) is 0 Å². The molecule has 6 nitrogen and oxygen atoms in total. The van der Waals surface area contributed by atoms with Gasteiger partial charge in [-0.15, -0.1) is 0 Å². The van der Waals surface area contributed by atoms with Crippen molar-refractivity contribution in [2.75, 3.05) is 11.1 Å². The van der Waals surface area contributed by atoms with Gasteiger partial charge in [-0.3, -0.25) is 4.98 Å². The first-order valence-electron chi connectivity index (χ1n) is 5.76. The highest BCUT2D eigenvalue weighted by Crippen LogP contribution is 2.13. The van der Waals surface area contributed by atoms with Crippen molar-refractivity contribution in [2.24, 2.45) is 0 Å². The van der Waals surface area contributed by atoms with Gasteiger partial charge in [0.05, 0.1) is 0 Å². The summed E-state index contributed by atoms with van der Waals surface area (Å²) >= 11 is 0. The Balaban J connectivity index is 1.92. The molecule has 0 aliphatic rings. The molecule has 0 atom stereocenters. The third-order valence-corrected chi connectivity index (χ3v) is 2.72. The summed E-state index contributed by atoms with van der Waals surface area (Å²) in [6.07, 6.45) is 5.09. The molecule has 92 valence electrons. The quantitative estimate of drug-likeness (QED) is 0.645. The largest absolute Gasteiger partial charge is 0.384 e. The predicted molar refractivity (Wildman–Crippen MR) is 74.4 cm³/mol. The lowest BCUT2D eigenvalue weighted by molar-refractivity contribution is 0.926. The lowest BCUT2D eigenvalue weighted by Gasteiger charge is -2.09. The number of nitrogens with two attached hydrogens (primary N) is 1. The van der Waals surface area contributed by atoms with Crippen molar-refractivity contribution in [3.05, 3.63) is 42.4 Å². The Hall–Kier alpha value is -2.57. The van der Waals surface area contributed by atoms with E-state index in [1.165, 1.54) is 0 Å². The van der Waals surface area contributed by atoms with Crippen LogP contribution in [0.2, 0.25) is 0 Å². The molecule has 7 heteroatoms. The van der Waals surface area contributed by atoms with Gasteiger partial charge in [0.15, 0.2) is 5.65 Å². The Morgan fingerprint density at radius 2 is 2.26 bits per heavy atom. The number of anilines is 2. The minimum atomic E-state index is 0.397. The van der Waals surface area contributed by atoms with E-state index >= 15 is 0 Å². The molecular weight excluding hydrogens is 239 g/mol. The van der Waals surface area contributed by atoms with Gasteiger partial charge in [-0.25, -0.2) is 4.98 Å². The topological polar surface area (TPSA) is 81.1 Å². The summed E-state index contributed by atoms with van der Waals surface area (Å²) in [5.74, 6) is 1.14. The van der Waals surface area contributed by atoms with Crippen molar-refractivity contribution >= 4 is 30.6 Å². The van der Waals surface area contributed by atoms with Gasteiger partial charge in [0.2, 0.25) is 0 Å². The van der Waals surface area contributed by atoms with E-state index in [0.29, 0.717) is 23.5 Å². The Kier molecular flexibility index (Phi) is 2.79. The van der Waals surface area contributed by atoms with Gasteiger partial charge in [0, 0.05) is 31.2 Å². The van der Waals surface area contributed by atoms with Gasteiger partial charge < -0.3 is 11.1 Å². The number of aromatic nitrogens is 4. The average Bonchev–Trinajstić information content (AvgIpc) is 2.79. The van der Waals surface area contributed by atoms with Crippen LogP contribution in [0, 0.1) is 0 Å². The molecule has 3 aromatic heterocycles. The number of nitrogen functional groups attached to an aromatic ring is 1. The van der Waals surface area contributed by atoms with Gasteiger partial charge in [0.1, 0.15) is 19.5 Å². The average molecular weight is 250 g/mol. The van der Waals surface area contributed by atoms with Crippen LogP contribution in [0.15, 0.2) is 36.8 Å². The van der Waals surface area contributed by atoms with Crippen molar-refractivity contribution in [1.82, 2.24) is 19.6 Å². The molecule has 0 fully saturated rings. The molecular formula is C12H11BN6. The van der Waals surface area contributed by atoms with Crippen LogP contribution in [-0.2, 0) is 6.54 Å². The van der Waals surface area contributed by atoms with E-state index in [4.69, 9.17) is 13.6 Å². The molecule has 0 bridgehead atoms. The molecule has 0 saturated heterocycles. The highest BCUT2D eigenvalue weighted by Gasteiger charge is 2.07. The highest BCUT2D eigenvalue weighted by molar-refractivity contribution is 6.36. The summed E-state index contributed by atoms with van der Waals surface area (Å²) in [5.41, 5.74) is 7.87. The molecule has 0 spiro atoms. The molecule has 3 aromatic rings. The van der Waals surface area contributed by atoms with Crippen LogP contribution < -0.4 is 16.5 Å². The Morgan fingerprint density at radius 3 is 3.05 bits per heavy atom. The van der Waals surface area contributed by atoms with Crippen molar-refractivity contribution < 1.29 is 0 Å². The molecule has 2 radical (unpaired) electrons. The number of hydrogen-bond donors (Lipinski definition) is 2. The van der Waals surface area contributed by atoms with Crippen LogP contribution >= 0.6 is 0 Å². The van der Waals surface area contributed by atoms with E-state index in [1.807, 2.05) is 12.1 Å². The van der Waals surface area contributed by atoms with E-state index in [1.54, 1.807) is 29.2 Å². The lowest BCUT2D eigenvalue weighted by atomic mass is 10.0.